The molecule has 9 heteroatoms. The van der Waals surface area contributed by atoms with Gasteiger partial charge in [-0.1, -0.05) is 24.3 Å². The van der Waals surface area contributed by atoms with Crippen LogP contribution in [-0.2, 0) is 30.0 Å². The van der Waals surface area contributed by atoms with Crippen LogP contribution in [0.2, 0.25) is 0 Å². The van der Waals surface area contributed by atoms with Crippen LogP contribution in [0.4, 0.5) is 0 Å². The van der Waals surface area contributed by atoms with Crippen LogP contribution in [0.25, 0.3) is 11.1 Å². The van der Waals surface area contributed by atoms with Crippen molar-refractivity contribution < 1.29 is 19.1 Å². The lowest BCUT2D eigenvalue weighted by Gasteiger charge is -2.17. The summed E-state index contributed by atoms with van der Waals surface area (Å²) in [4.78, 5) is 37.3. The fourth-order valence-electron chi connectivity index (χ4n) is 3.25. The van der Waals surface area contributed by atoms with Crippen LogP contribution in [0.15, 0.2) is 53.6 Å². The van der Waals surface area contributed by atoms with E-state index in [1.807, 2.05) is 0 Å². The molecule has 0 unspecified atom stereocenters. The monoisotopic (exact) mass is 424 g/mol. The number of esters is 1. The van der Waals surface area contributed by atoms with Gasteiger partial charge in [-0.2, -0.15) is 5.10 Å². The summed E-state index contributed by atoms with van der Waals surface area (Å²) in [5.74, 6) is -0.543. The van der Waals surface area contributed by atoms with Crippen molar-refractivity contribution >= 4 is 11.9 Å². The third-order valence-corrected chi connectivity index (χ3v) is 4.97. The predicted octanol–water partition coefficient (Wildman–Crippen LogP) is 1.31. The van der Waals surface area contributed by atoms with Crippen molar-refractivity contribution in [1.29, 1.82) is 0 Å². The van der Waals surface area contributed by atoms with Gasteiger partial charge in [-0.3, -0.25) is 9.59 Å². The van der Waals surface area contributed by atoms with Crippen LogP contribution < -0.4 is 15.6 Å². The summed E-state index contributed by atoms with van der Waals surface area (Å²) < 4.78 is 13.0. The van der Waals surface area contributed by atoms with E-state index in [4.69, 9.17) is 9.47 Å². The number of rotatable bonds is 7. The molecule has 0 radical (unpaired) electrons. The Bertz CT molecular complexity index is 1150. The molecule has 0 aliphatic rings. The Morgan fingerprint density at radius 1 is 1.13 bits per heavy atom. The Morgan fingerprint density at radius 3 is 2.42 bits per heavy atom. The summed E-state index contributed by atoms with van der Waals surface area (Å²) in [5, 5.41) is 6.69. The number of nitrogens with zero attached hydrogens (tertiary/aromatic N) is 3. The Labute approximate surface area is 179 Å². The summed E-state index contributed by atoms with van der Waals surface area (Å²) in [6.07, 6.45) is 3.46. The molecule has 31 heavy (non-hydrogen) atoms. The average molecular weight is 424 g/mol. The maximum absolute atomic E-state index is 12.5. The Morgan fingerprint density at radius 2 is 1.84 bits per heavy atom. The maximum Gasteiger partial charge on any atom is 0.328 e. The lowest BCUT2D eigenvalue weighted by Crippen LogP contribution is -2.43. The molecule has 3 rings (SSSR count). The third-order valence-electron chi connectivity index (χ3n) is 4.97. The number of aromatic nitrogens is 3. The molecule has 1 N–H and O–H groups in total. The van der Waals surface area contributed by atoms with Gasteiger partial charge in [-0.25, -0.2) is 9.48 Å². The minimum atomic E-state index is -0.860. The van der Waals surface area contributed by atoms with Gasteiger partial charge < -0.3 is 19.4 Å². The number of carbonyl (C=O) groups is 2. The SMILES string of the molecule is COC(=O)[C@H](Cc1ccc(-c2c(OC)cnn(C)c2=O)cc1)NC(=O)c1cccn1C. The first kappa shape index (κ1) is 21.8. The number of benzene rings is 1. The molecule has 1 atom stereocenters. The lowest BCUT2D eigenvalue weighted by molar-refractivity contribution is -0.142. The number of nitrogens with one attached hydrogen (secondary N) is 1. The summed E-state index contributed by atoms with van der Waals surface area (Å²) in [6.45, 7) is 0. The van der Waals surface area contributed by atoms with Gasteiger partial charge in [0.2, 0.25) is 0 Å². The highest BCUT2D eigenvalue weighted by Crippen LogP contribution is 2.25. The standard InChI is InChI=1S/C22H24N4O5/c1-25-11-5-6-17(25)20(27)24-16(22(29)31-4)12-14-7-9-15(10-8-14)19-18(30-3)13-23-26(2)21(19)28/h5-11,13,16H,12H2,1-4H3,(H,24,27)/t16-/m0/s1. The molecule has 2 heterocycles. The summed E-state index contributed by atoms with van der Waals surface area (Å²) >= 11 is 0. The molecule has 3 aromatic rings. The second kappa shape index (κ2) is 9.29. The van der Waals surface area contributed by atoms with Gasteiger partial charge >= 0.3 is 5.97 Å². The van der Waals surface area contributed by atoms with Crippen LogP contribution in [0, 0.1) is 0 Å². The highest BCUT2D eigenvalue weighted by Gasteiger charge is 2.24. The van der Waals surface area contributed by atoms with Crippen molar-refractivity contribution in [2.24, 2.45) is 14.1 Å². The van der Waals surface area contributed by atoms with Gasteiger partial charge in [0, 0.05) is 26.7 Å². The zero-order valence-electron chi connectivity index (χ0n) is 17.8. The number of hydrogen-bond acceptors (Lipinski definition) is 6. The molecule has 0 bridgehead atoms. The molecule has 0 aliphatic heterocycles. The minimum Gasteiger partial charge on any atom is -0.494 e. The average Bonchev–Trinajstić information content (AvgIpc) is 3.21. The number of hydrogen-bond donors (Lipinski definition) is 1. The second-order valence-corrected chi connectivity index (χ2v) is 6.97. The van der Waals surface area contributed by atoms with Crippen LogP contribution in [0.5, 0.6) is 5.75 Å². The minimum absolute atomic E-state index is 0.231. The van der Waals surface area contributed by atoms with E-state index >= 15 is 0 Å². The highest BCUT2D eigenvalue weighted by molar-refractivity contribution is 5.95. The van der Waals surface area contributed by atoms with Crippen molar-refractivity contribution in [3.8, 4) is 16.9 Å². The van der Waals surface area contributed by atoms with Gasteiger partial charge in [0.1, 0.15) is 11.7 Å². The van der Waals surface area contributed by atoms with E-state index in [-0.39, 0.29) is 17.9 Å². The van der Waals surface area contributed by atoms with Crippen molar-refractivity contribution in [3.63, 3.8) is 0 Å². The number of amides is 1. The summed E-state index contributed by atoms with van der Waals surface area (Å²) in [5.41, 5.74) is 1.99. The van der Waals surface area contributed by atoms with Crippen LogP contribution >= 0.6 is 0 Å². The number of methoxy groups -OCH3 is 2. The highest BCUT2D eigenvalue weighted by atomic mass is 16.5. The molecule has 2 aromatic heterocycles. The zero-order valence-corrected chi connectivity index (χ0v) is 17.8. The molecule has 1 aromatic carbocycles. The van der Waals surface area contributed by atoms with E-state index in [0.717, 1.165) is 5.56 Å². The topological polar surface area (TPSA) is 104 Å². The number of ether oxygens (including phenoxy) is 2. The van der Waals surface area contributed by atoms with Crippen molar-refractivity contribution in [2.75, 3.05) is 14.2 Å². The van der Waals surface area contributed by atoms with Gasteiger partial charge in [0.05, 0.1) is 26.0 Å². The van der Waals surface area contributed by atoms with Gasteiger partial charge in [-0.15, -0.1) is 0 Å². The first-order valence-corrected chi connectivity index (χ1v) is 9.55. The summed E-state index contributed by atoms with van der Waals surface area (Å²) in [6, 6.07) is 9.67. The molecule has 0 fully saturated rings. The largest absolute Gasteiger partial charge is 0.494 e. The first-order valence-electron chi connectivity index (χ1n) is 9.55. The Kier molecular flexibility index (Phi) is 6.54. The fourth-order valence-corrected chi connectivity index (χ4v) is 3.25. The van der Waals surface area contributed by atoms with E-state index in [9.17, 15) is 14.4 Å². The van der Waals surface area contributed by atoms with E-state index in [2.05, 4.69) is 10.4 Å². The Hall–Kier alpha value is -3.88. The number of carbonyl (C=O) groups excluding carboxylic acids is 2. The molecule has 0 spiro atoms. The fraction of sp³-hybridized carbons (Fsp3) is 0.273. The molecule has 0 saturated carbocycles. The van der Waals surface area contributed by atoms with Crippen LogP contribution in [-0.4, -0.2) is 46.5 Å². The molecule has 0 aliphatic carbocycles. The lowest BCUT2D eigenvalue weighted by atomic mass is 10.0. The Balaban J connectivity index is 1.83. The molecular weight excluding hydrogens is 400 g/mol. The second-order valence-electron chi connectivity index (χ2n) is 6.97. The zero-order chi connectivity index (χ0) is 22.5. The normalized spacial score (nSPS) is 11.6. The van der Waals surface area contributed by atoms with Gasteiger partial charge in [0.25, 0.3) is 11.5 Å². The van der Waals surface area contributed by atoms with Crippen molar-refractivity contribution in [3.05, 3.63) is 70.4 Å². The smallest absolute Gasteiger partial charge is 0.328 e. The maximum atomic E-state index is 12.5. The molecule has 0 saturated heterocycles. The third kappa shape index (κ3) is 4.66. The number of aryl methyl sites for hydroxylation is 2. The quantitative estimate of drug-likeness (QED) is 0.574. The van der Waals surface area contributed by atoms with E-state index in [1.165, 1.54) is 25.1 Å². The van der Waals surface area contributed by atoms with Gasteiger partial charge in [-0.05, 0) is 23.3 Å². The first-order chi connectivity index (χ1) is 14.8. The van der Waals surface area contributed by atoms with E-state index in [1.54, 1.807) is 61.3 Å². The van der Waals surface area contributed by atoms with E-state index < -0.39 is 12.0 Å². The molecule has 1 amide bonds. The van der Waals surface area contributed by atoms with E-state index in [0.29, 0.717) is 22.6 Å². The predicted molar refractivity (Wildman–Crippen MR) is 114 cm³/mol. The molecule has 162 valence electrons. The van der Waals surface area contributed by atoms with Crippen LogP contribution in [0.3, 0.4) is 0 Å². The summed E-state index contributed by atoms with van der Waals surface area (Å²) in [7, 11) is 6.07. The molecular formula is C22H24N4O5. The van der Waals surface area contributed by atoms with Crippen molar-refractivity contribution in [2.45, 2.75) is 12.5 Å². The van der Waals surface area contributed by atoms with Crippen molar-refractivity contribution in [1.82, 2.24) is 19.7 Å². The van der Waals surface area contributed by atoms with Gasteiger partial charge in [0.15, 0.2) is 5.75 Å². The van der Waals surface area contributed by atoms with Crippen LogP contribution in [0.1, 0.15) is 16.1 Å². The molecule has 9 nitrogen and oxygen atoms in total.